The highest BCUT2D eigenvalue weighted by molar-refractivity contribution is 5.74. The molecule has 17 heavy (non-hydrogen) atoms. The van der Waals surface area contributed by atoms with E-state index in [2.05, 4.69) is 5.32 Å². The number of unbranched alkanes of at least 4 members (excludes halogenated alkanes) is 1. The van der Waals surface area contributed by atoms with E-state index in [1.54, 1.807) is 0 Å². The molecule has 98 valence electrons. The summed E-state index contributed by atoms with van der Waals surface area (Å²) in [6, 6.07) is 0. The molecule has 0 aromatic rings. The molecule has 0 saturated heterocycles. The first-order valence-electron chi connectivity index (χ1n) is 5.65. The minimum absolute atomic E-state index is 0.0364. The number of nitrogens with zero attached hydrogens (tertiary/aromatic N) is 1. The van der Waals surface area contributed by atoms with Gasteiger partial charge in [0.05, 0.1) is 6.42 Å². The predicted octanol–water partition coefficient (Wildman–Crippen LogP) is 0.226. The summed E-state index contributed by atoms with van der Waals surface area (Å²) in [7, 11) is 0. The van der Waals surface area contributed by atoms with E-state index < -0.39 is 5.97 Å². The van der Waals surface area contributed by atoms with Gasteiger partial charge < -0.3 is 15.3 Å². The summed E-state index contributed by atoms with van der Waals surface area (Å²) in [5, 5.41) is 11.2. The fourth-order valence-corrected chi connectivity index (χ4v) is 1.35. The Kier molecular flexibility index (Phi) is 7.75. The molecule has 0 spiro atoms. The van der Waals surface area contributed by atoms with E-state index in [-0.39, 0.29) is 24.8 Å². The van der Waals surface area contributed by atoms with Gasteiger partial charge in [-0.1, -0.05) is 0 Å². The van der Waals surface area contributed by atoms with Crippen LogP contribution in [0.5, 0.6) is 0 Å². The summed E-state index contributed by atoms with van der Waals surface area (Å²) in [6.45, 7) is 4.23. The topological polar surface area (TPSA) is 86.7 Å². The van der Waals surface area contributed by atoms with Crippen molar-refractivity contribution in [3.8, 4) is 0 Å². The van der Waals surface area contributed by atoms with Gasteiger partial charge >= 0.3 is 5.97 Å². The van der Waals surface area contributed by atoms with Crippen molar-refractivity contribution in [2.45, 2.75) is 33.1 Å². The number of carboxylic acid groups (broad SMARTS) is 1. The Hall–Kier alpha value is -1.59. The second kappa shape index (κ2) is 8.55. The molecule has 2 N–H and O–H groups in total. The first-order valence-corrected chi connectivity index (χ1v) is 5.65. The van der Waals surface area contributed by atoms with Gasteiger partial charge in [-0.05, 0) is 12.8 Å². The average Bonchev–Trinajstić information content (AvgIpc) is 2.20. The normalized spacial score (nSPS) is 9.76. The third kappa shape index (κ3) is 9.35. The number of aliphatic carboxylic acids is 1. The summed E-state index contributed by atoms with van der Waals surface area (Å²) in [6.07, 6.45) is 1.49. The number of carbonyl (C=O) groups is 3. The van der Waals surface area contributed by atoms with E-state index >= 15 is 0 Å². The van der Waals surface area contributed by atoms with Gasteiger partial charge in [0.2, 0.25) is 11.8 Å². The molecule has 0 radical (unpaired) electrons. The molecule has 0 aliphatic heterocycles. The first kappa shape index (κ1) is 15.4. The lowest BCUT2D eigenvalue weighted by molar-refractivity contribution is -0.138. The molecular formula is C11H20N2O4. The monoisotopic (exact) mass is 244 g/mol. The molecule has 0 atom stereocenters. The van der Waals surface area contributed by atoms with Crippen LogP contribution in [0.1, 0.15) is 33.1 Å². The highest BCUT2D eigenvalue weighted by Crippen LogP contribution is 1.98. The molecule has 0 unspecified atom stereocenters. The quantitative estimate of drug-likeness (QED) is 0.598. The molecule has 6 heteroatoms. The van der Waals surface area contributed by atoms with Crippen molar-refractivity contribution in [2.24, 2.45) is 0 Å². The smallest absolute Gasteiger partial charge is 0.305 e. The van der Waals surface area contributed by atoms with E-state index in [4.69, 9.17) is 5.11 Å². The summed E-state index contributed by atoms with van der Waals surface area (Å²) < 4.78 is 0. The number of hydrogen-bond donors (Lipinski definition) is 2. The molecule has 0 bridgehead atoms. The fourth-order valence-electron chi connectivity index (χ4n) is 1.35. The van der Waals surface area contributed by atoms with Crippen LogP contribution in [-0.2, 0) is 14.4 Å². The van der Waals surface area contributed by atoms with Gasteiger partial charge in [0.1, 0.15) is 0 Å². The van der Waals surface area contributed by atoms with E-state index in [0.717, 1.165) is 12.8 Å². The molecule has 2 amide bonds. The Balaban J connectivity index is 3.74. The van der Waals surface area contributed by atoms with Crippen LogP contribution in [0.2, 0.25) is 0 Å². The van der Waals surface area contributed by atoms with E-state index in [9.17, 15) is 14.4 Å². The Morgan fingerprint density at radius 2 is 1.76 bits per heavy atom. The van der Waals surface area contributed by atoms with Crippen molar-refractivity contribution in [1.29, 1.82) is 0 Å². The summed E-state index contributed by atoms with van der Waals surface area (Å²) in [5.74, 6) is -1.10. The summed E-state index contributed by atoms with van der Waals surface area (Å²) >= 11 is 0. The van der Waals surface area contributed by atoms with Crippen LogP contribution >= 0.6 is 0 Å². The van der Waals surface area contributed by atoms with Crippen LogP contribution in [0.15, 0.2) is 0 Å². The molecule has 0 rings (SSSR count). The van der Waals surface area contributed by atoms with Crippen LogP contribution in [0, 0.1) is 0 Å². The Labute approximate surface area is 101 Å². The van der Waals surface area contributed by atoms with Crippen molar-refractivity contribution < 1.29 is 19.5 Å². The number of rotatable bonds is 8. The number of carboxylic acids is 1. The average molecular weight is 244 g/mol. The second-order valence-corrected chi connectivity index (χ2v) is 3.84. The minimum atomic E-state index is -0.908. The van der Waals surface area contributed by atoms with Gasteiger partial charge in [0, 0.05) is 33.5 Å². The van der Waals surface area contributed by atoms with E-state index in [0.29, 0.717) is 13.1 Å². The molecular weight excluding hydrogens is 224 g/mol. The standard InChI is InChI=1S/C11H20N2O4/c1-9(14)12-6-3-4-7-13(10(2)15)8-5-11(16)17/h3-8H2,1-2H3,(H,12,14)(H,16,17). The fraction of sp³-hybridized carbons (Fsp3) is 0.727. The number of nitrogens with one attached hydrogen (secondary N) is 1. The van der Waals surface area contributed by atoms with Crippen LogP contribution in [0.25, 0.3) is 0 Å². The Morgan fingerprint density at radius 3 is 2.24 bits per heavy atom. The lowest BCUT2D eigenvalue weighted by atomic mass is 10.2. The Bertz CT molecular complexity index is 279. The SMILES string of the molecule is CC(=O)NCCCCN(CCC(=O)O)C(C)=O. The summed E-state index contributed by atoms with van der Waals surface area (Å²) in [5.41, 5.74) is 0. The number of hydrogen-bond acceptors (Lipinski definition) is 3. The molecule has 0 heterocycles. The largest absolute Gasteiger partial charge is 0.481 e. The third-order valence-electron chi connectivity index (χ3n) is 2.27. The molecule has 0 fully saturated rings. The zero-order valence-corrected chi connectivity index (χ0v) is 10.4. The number of carbonyl (C=O) groups excluding carboxylic acids is 2. The van der Waals surface area contributed by atoms with Gasteiger partial charge in [-0.2, -0.15) is 0 Å². The maximum atomic E-state index is 11.2. The van der Waals surface area contributed by atoms with Crippen LogP contribution in [0.4, 0.5) is 0 Å². The Morgan fingerprint density at radius 1 is 1.12 bits per heavy atom. The predicted molar refractivity (Wildman–Crippen MR) is 62.4 cm³/mol. The number of amides is 2. The van der Waals surface area contributed by atoms with E-state index in [1.165, 1.54) is 18.7 Å². The maximum absolute atomic E-state index is 11.2. The van der Waals surface area contributed by atoms with Gasteiger partial charge in [0.15, 0.2) is 0 Å². The van der Waals surface area contributed by atoms with Crippen molar-refractivity contribution in [2.75, 3.05) is 19.6 Å². The van der Waals surface area contributed by atoms with Crippen molar-refractivity contribution in [1.82, 2.24) is 10.2 Å². The molecule has 0 aromatic heterocycles. The van der Waals surface area contributed by atoms with Crippen LogP contribution < -0.4 is 5.32 Å². The van der Waals surface area contributed by atoms with Gasteiger partial charge in [0.25, 0.3) is 0 Å². The van der Waals surface area contributed by atoms with Crippen molar-refractivity contribution >= 4 is 17.8 Å². The molecule has 6 nitrogen and oxygen atoms in total. The molecule has 0 aliphatic rings. The molecule has 0 aromatic carbocycles. The van der Waals surface area contributed by atoms with Gasteiger partial charge in [-0.15, -0.1) is 0 Å². The molecule has 0 saturated carbocycles. The summed E-state index contributed by atoms with van der Waals surface area (Å²) in [4.78, 5) is 33.7. The van der Waals surface area contributed by atoms with Gasteiger partial charge in [-0.25, -0.2) is 0 Å². The lowest BCUT2D eigenvalue weighted by Gasteiger charge is -2.19. The zero-order valence-electron chi connectivity index (χ0n) is 10.4. The van der Waals surface area contributed by atoms with E-state index in [1.807, 2.05) is 0 Å². The third-order valence-corrected chi connectivity index (χ3v) is 2.27. The maximum Gasteiger partial charge on any atom is 0.305 e. The minimum Gasteiger partial charge on any atom is -0.481 e. The van der Waals surface area contributed by atoms with Crippen molar-refractivity contribution in [3.05, 3.63) is 0 Å². The molecule has 0 aliphatic carbocycles. The first-order chi connectivity index (χ1) is 7.93. The van der Waals surface area contributed by atoms with Gasteiger partial charge in [-0.3, -0.25) is 14.4 Å². The van der Waals surface area contributed by atoms with Crippen LogP contribution in [0.3, 0.4) is 0 Å². The lowest BCUT2D eigenvalue weighted by Crippen LogP contribution is -2.32. The highest BCUT2D eigenvalue weighted by atomic mass is 16.4. The highest BCUT2D eigenvalue weighted by Gasteiger charge is 2.09. The second-order valence-electron chi connectivity index (χ2n) is 3.84. The van der Waals surface area contributed by atoms with Crippen molar-refractivity contribution in [3.63, 3.8) is 0 Å². The van der Waals surface area contributed by atoms with Crippen LogP contribution in [-0.4, -0.2) is 47.4 Å². The zero-order chi connectivity index (χ0) is 13.3.